The molecule has 0 aromatic heterocycles. The summed E-state index contributed by atoms with van der Waals surface area (Å²) in [5, 5.41) is 10.1. The van der Waals surface area contributed by atoms with Crippen molar-refractivity contribution >= 4 is 15.2 Å². The average Bonchev–Trinajstić information content (AvgIpc) is 2.57. The molecule has 1 aromatic carbocycles. The summed E-state index contributed by atoms with van der Waals surface area (Å²) >= 11 is 0. The molecule has 0 saturated carbocycles. The van der Waals surface area contributed by atoms with Crippen molar-refractivity contribution in [2.45, 2.75) is 32.6 Å². The highest BCUT2D eigenvalue weighted by Gasteiger charge is 2.67. The van der Waals surface area contributed by atoms with Gasteiger partial charge in [-0.15, -0.1) is 0 Å². The van der Waals surface area contributed by atoms with Gasteiger partial charge in [0.2, 0.25) is 0 Å². The van der Waals surface area contributed by atoms with Crippen LogP contribution in [0.1, 0.15) is 33.3 Å². The molecule has 0 amide bonds. The maximum Gasteiger partial charge on any atom is 0.367 e. The summed E-state index contributed by atoms with van der Waals surface area (Å²) in [7, 11) is -8.48. The Hall–Kier alpha value is -0.990. The van der Waals surface area contributed by atoms with Gasteiger partial charge in [-0.25, -0.2) is 0 Å². The standard InChI is InChI=1S/C16H25NO6P2/c1-5-20-24(18,21-6-2)16(14-17,15-12-10-9-11-13-15)25(19,22-7-3)23-8-4/h9-13H,5-8H2,1-4H3. The summed E-state index contributed by atoms with van der Waals surface area (Å²) in [5.74, 6) is 0. The smallest absolute Gasteiger partial charge is 0.307 e. The molecule has 0 heterocycles. The van der Waals surface area contributed by atoms with Crippen molar-refractivity contribution in [2.75, 3.05) is 26.4 Å². The number of nitriles is 1. The van der Waals surface area contributed by atoms with E-state index in [-0.39, 0.29) is 32.0 Å². The Morgan fingerprint density at radius 1 is 0.840 bits per heavy atom. The third kappa shape index (κ3) is 4.06. The van der Waals surface area contributed by atoms with Gasteiger partial charge in [0, 0.05) is 0 Å². The van der Waals surface area contributed by atoms with Crippen molar-refractivity contribution in [3.8, 4) is 6.07 Å². The second-order valence-corrected chi connectivity index (χ2v) is 9.53. The van der Waals surface area contributed by atoms with Gasteiger partial charge in [-0.3, -0.25) is 9.13 Å². The first-order chi connectivity index (χ1) is 11.9. The summed E-state index contributed by atoms with van der Waals surface area (Å²) < 4.78 is 48.9. The summed E-state index contributed by atoms with van der Waals surface area (Å²) in [6.07, 6.45) is 0. The van der Waals surface area contributed by atoms with E-state index in [1.807, 2.05) is 6.07 Å². The highest BCUT2D eigenvalue weighted by Crippen LogP contribution is 2.82. The summed E-state index contributed by atoms with van der Waals surface area (Å²) in [6, 6.07) is 10.0. The lowest BCUT2D eigenvalue weighted by Gasteiger charge is -2.37. The van der Waals surface area contributed by atoms with Crippen LogP contribution in [0.4, 0.5) is 0 Å². The lowest BCUT2D eigenvalue weighted by Crippen LogP contribution is -2.29. The Morgan fingerprint density at radius 3 is 1.48 bits per heavy atom. The topological polar surface area (TPSA) is 94.9 Å². The molecule has 140 valence electrons. The van der Waals surface area contributed by atoms with Crippen LogP contribution in [0.5, 0.6) is 0 Å². The molecule has 7 nitrogen and oxygen atoms in total. The minimum absolute atomic E-state index is 0.00575. The van der Waals surface area contributed by atoms with E-state index in [9.17, 15) is 14.4 Å². The SMILES string of the molecule is CCOP(=O)(OCC)C(C#N)(c1ccccc1)P(=O)(OCC)OCC. The molecule has 0 N–H and O–H groups in total. The Kier molecular flexibility index (Phi) is 8.50. The molecular weight excluding hydrogens is 364 g/mol. The fourth-order valence-corrected chi connectivity index (χ4v) is 7.78. The first kappa shape index (κ1) is 22.1. The summed E-state index contributed by atoms with van der Waals surface area (Å²) in [4.78, 5) is -2.22. The normalized spacial score (nSPS) is 12.8. The zero-order chi connectivity index (χ0) is 19.0. The van der Waals surface area contributed by atoms with Gasteiger partial charge < -0.3 is 18.1 Å². The van der Waals surface area contributed by atoms with Crippen LogP contribution in [-0.2, 0) is 32.1 Å². The molecule has 0 saturated heterocycles. The van der Waals surface area contributed by atoms with E-state index in [4.69, 9.17) is 18.1 Å². The van der Waals surface area contributed by atoms with E-state index in [0.29, 0.717) is 0 Å². The minimum atomic E-state index is -4.24. The fourth-order valence-electron chi connectivity index (χ4n) is 2.45. The largest absolute Gasteiger partial charge is 0.367 e. The second-order valence-electron chi connectivity index (χ2n) is 4.82. The van der Waals surface area contributed by atoms with Crippen LogP contribution in [0.25, 0.3) is 0 Å². The molecule has 9 heteroatoms. The molecule has 0 aliphatic carbocycles. The van der Waals surface area contributed by atoms with Gasteiger partial charge in [-0.05, 0) is 33.3 Å². The van der Waals surface area contributed by atoms with Crippen molar-refractivity contribution in [2.24, 2.45) is 0 Å². The van der Waals surface area contributed by atoms with Crippen LogP contribution in [0.2, 0.25) is 0 Å². The van der Waals surface area contributed by atoms with Crippen LogP contribution < -0.4 is 0 Å². The lowest BCUT2D eigenvalue weighted by molar-refractivity contribution is 0.186. The molecule has 0 unspecified atom stereocenters. The van der Waals surface area contributed by atoms with Gasteiger partial charge in [-0.2, -0.15) is 5.26 Å². The quantitative estimate of drug-likeness (QED) is 0.497. The van der Waals surface area contributed by atoms with Crippen LogP contribution in [0.15, 0.2) is 30.3 Å². The van der Waals surface area contributed by atoms with E-state index in [2.05, 4.69) is 0 Å². The number of nitrogens with zero attached hydrogens (tertiary/aromatic N) is 1. The van der Waals surface area contributed by atoms with E-state index in [0.717, 1.165) is 0 Å². The van der Waals surface area contributed by atoms with Crippen molar-refractivity contribution in [1.82, 2.24) is 0 Å². The summed E-state index contributed by atoms with van der Waals surface area (Å²) in [5.41, 5.74) is 0.202. The van der Waals surface area contributed by atoms with E-state index in [1.165, 1.54) is 0 Å². The predicted molar refractivity (Wildman–Crippen MR) is 95.5 cm³/mol. The Balaban J connectivity index is 3.86. The maximum absolute atomic E-state index is 13.7. The molecule has 1 aromatic rings. The number of hydrogen-bond acceptors (Lipinski definition) is 7. The molecule has 25 heavy (non-hydrogen) atoms. The van der Waals surface area contributed by atoms with Crippen LogP contribution in [0, 0.1) is 11.3 Å². The Bertz CT molecular complexity index is 623. The number of rotatable bonds is 11. The van der Waals surface area contributed by atoms with Crippen molar-refractivity contribution in [3.63, 3.8) is 0 Å². The van der Waals surface area contributed by atoms with Crippen molar-refractivity contribution in [1.29, 1.82) is 5.26 Å². The van der Waals surface area contributed by atoms with E-state index >= 15 is 0 Å². The van der Waals surface area contributed by atoms with E-state index in [1.54, 1.807) is 58.0 Å². The van der Waals surface area contributed by atoms with Gasteiger partial charge >= 0.3 is 15.2 Å². The monoisotopic (exact) mass is 389 g/mol. The molecular formula is C16H25NO6P2. The molecule has 0 aliphatic rings. The highest BCUT2D eigenvalue weighted by molar-refractivity contribution is 7.74. The van der Waals surface area contributed by atoms with Crippen LogP contribution >= 0.6 is 15.2 Å². The number of benzene rings is 1. The molecule has 0 atom stereocenters. The highest BCUT2D eigenvalue weighted by atomic mass is 31.2. The Labute approximate surface area is 149 Å². The molecule has 0 radical (unpaired) electrons. The van der Waals surface area contributed by atoms with Crippen LogP contribution in [-0.4, -0.2) is 26.4 Å². The number of hydrogen-bond donors (Lipinski definition) is 0. The van der Waals surface area contributed by atoms with Crippen molar-refractivity contribution < 1.29 is 27.2 Å². The molecule has 0 fully saturated rings. The first-order valence-corrected chi connectivity index (χ1v) is 11.2. The van der Waals surface area contributed by atoms with Gasteiger partial charge in [0.25, 0.3) is 4.90 Å². The van der Waals surface area contributed by atoms with Gasteiger partial charge in [0.05, 0.1) is 26.4 Å². The summed E-state index contributed by atoms with van der Waals surface area (Å²) in [6.45, 7) is 6.49. The fraction of sp³-hybridized carbons (Fsp3) is 0.562. The third-order valence-electron chi connectivity index (χ3n) is 3.32. The maximum atomic E-state index is 13.7. The molecule has 1 rings (SSSR count). The van der Waals surface area contributed by atoms with Gasteiger partial charge in [0.15, 0.2) is 0 Å². The Morgan fingerprint density at radius 2 is 1.20 bits per heavy atom. The van der Waals surface area contributed by atoms with Crippen molar-refractivity contribution in [3.05, 3.63) is 35.9 Å². The zero-order valence-corrected chi connectivity index (χ0v) is 16.8. The first-order valence-electron chi connectivity index (χ1n) is 8.16. The van der Waals surface area contributed by atoms with E-state index < -0.39 is 20.1 Å². The van der Waals surface area contributed by atoms with Gasteiger partial charge in [-0.1, -0.05) is 30.3 Å². The third-order valence-corrected chi connectivity index (χ3v) is 9.49. The lowest BCUT2D eigenvalue weighted by atomic mass is 10.1. The predicted octanol–water partition coefficient (Wildman–Crippen LogP) is 4.90. The average molecular weight is 389 g/mol. The molecule has 0 bridgehead atoms. The van der Waals surface area contributed by atoms with Gasteiger partial charge in [0.1, 0.15) is 6.07 Å². The van der Waals surface area contributed by atoms with Crippen LogP contribution in [0.3, 0.4) is 0 Å². The minimum Gasteiger partial charge on any atom is -0.307 e. The second kappa shape index (κ2) is 9.64. The zero-order valence-electron chi connectivity index (χ0n) is 15.0. The molecule has 0 aliphatic heterocycles. The molecule has 0 spiro atoms.